The van der Waals surface area contributed by atoms with Crippen LogP contribution in [0.2, 0.25) is 0 Å². The Bertz CT molecular complexity index is 477. The smallest absolute Gasteiger partial charge is 0.250 e. The average molecular weight is 215 g/mol. The zero-order chi connectivity index (χ0) is 11.2. The first-order valence-electron chi connectivity index (χ1n) is 4.64. The molecule has 0 unspecified atom stereocenters. The van der Waals surface area contributed by atoms with Crippen LogP contribution in [0.4, 0.5) is 5.95 Å². The summed E-state index contributed by atoms with van der Waals surface area (Å²) in [5.41, 5.74) is 0. The number of rotatable bonds is 3. The number of anilines is 1. The Morgan fingerprint density at radius 1 is 1.31 bits per heavy atom. The Kier molecular flexibility index (Phi) is 3.08. The highest BCUT2D eigenvalue weighted by atomic mass is 16.3. The average Bonchev–Trinajstić information content (AvgIpc) is 2.81. The number of carbonyl (C=O) groups is 1. The maximum atomic E-state index is 11.4. The van der Waals surface area contributed by atoms with Crippen LogP contribution in [0.25, 0.3) is 6.08 Å². The quantitative estimate of drug-likeness (QED) is 0.791. The van der Waals surface area contributed by atoms with Crippen LogP contribution in [-0.4, -0.2) is 15.9 Å². The van der Waals surface area contributed by atoms with E-state index in [4.69, 9.17) is 4.42 Å². The molecule has 0 saturated carbocycles. The predicted octanol–water partition coefficient (Wildman–Crippen LogP) is 1.72. The minimum atomic E-state index is -0.303. The molecule has 0 aliphatic heterocycles. The highest BCUT2D eigenvalue weighted by Gasteiger charge is 1.98. The summed E-state index contributed by atoms with van der Waals surface area (Å²) in [6.07, 6.45) is 7.57. The summed E-state index contributed by atoms with van der Waals surface area (Å²) in [7, 11) is 0. The number of amides is 1. The summed E-state index contributed by atoms with van der Waals surface area (Å²) < 4.78 is 5.04. The second-order valence-corrected chi connectivity index (χ2v) is 2.91. The fraction of sp³-hybridized carbons (Fsp3) is 0. The summed E-state index contributed by atoms with van der Waals surface area (Å²) >= 11 is 0. The van der Waals surface area contributed by atoms with E-state index in [9.17, 15) is 4.79 Å². The van der Waals surface area contributed by atoms with Crippen molar-refractivity contribution in [1.82, 2.24) is 9.97 Å². The molecule has 0 spiro atoms. The van der Waals surface area contributed by atoms with Crippen molar-refractivity contribution in [2.75, 3.05) is 5.32 Å². The summed E-state index contributed by atoms with van der Waals surface area (Å²) in [5.74, 6) is 0.586. The van der Waals surface area contributed by atoms with Gasteiger partial charge in [-0.25, -0.2) is 9.97 Å². The number of carbonyl (C=O) groups excluding carboxylic acids is 1. The molecule has 0 aliphatic carbocycles. The topological polar surface area (TPSA) is 68.0 Å². The van der Waals surface area contributed by atoms with Crippen LogP contribution in [0.3, 0.4) is 0 Å². The fourth-order valence-corrected chi connectivity index (χ4v) is 1.06. The minimum absolute atomic E-state index is 0.275. The summed E-state index contributed by atoms with van der Waals surface area (Å²) in [4.78, 5) is 19.1. The van der Waals surface area contributed by atoms with E-state index in [2.05, 4.69) is 15.3 Å². The maximum Gasteiger partial charge on any atom is 0.250 e. The first kappa shape index (κ1) is 10.1. The van der Waals surface area contributed by atoms with Gasteiger partial charge in [-0.05, 0) is 24.3 Å². The minimum Gasteiger partial charge on any atom is -0.465 e. The van der Waals surface area contributed by atoms with Gasteiger partial charge < -0.3 is 4.42 Å². The molecular formula is C11H9N3O2. The summed E-state index contributed by atoms with van der Waals surface area (Å²) in [6.45, 7) is 0. The molecule has 2 rings (SSSR count). The third-order valence-corrected chi connectivity index (χ3v) is 1.74. The lowest BCUT2D eigenvalue weighted by Gasteiger charge is -1.97. The van der Waals surface area contributed by atoms with Crippen molar-refractivity contribution in [3.8, 4) is 0 Å². The van der Waals surface area contributed by atoms with Crippen molar-refractivity contribution < 1.29 is 9.21 Å². The van der Waals surface area contributed by atoms with Gasteiger partial charge in [0, 0.05) is 18.5 Å². The second kappa shape index (κ2) is 4.88. The van der Waals surface area contributed by atoms with Crippen molar-refractivity contribution >= 4 is 17.9 Å². The van der Waals surface area contributed by atoms with Gasteiger partial charge in [-0.3, -0.25) is 10.1 Å². The second-order valence-electron chi connectivity index (χ2n) is 2.91. The van der Waals surface area contributed by atoms with Crippen molar-refractivity contribution in [3.63, 3.8) is 0 Å². The van der Waals surface area contributed by atoms with Gasteiger partial charge in [0.25, 0.3) is 5.91 Å². The molecule has 0 atom stereocenters. The Labute approximate surface area is 91.8 Å². The monoisotopic (exact) mass is 215 g/mol. The molecule has 0 bridgehead atoms. The van der Waals surface area contributed by atoms with Crippen LogP contribution in [0.15, 0.2) is 47.3 Å². The van der Waals surface area contributed by atoms with E-state index in [1.54, 1.807) is 36.7 Å². The van der Waals surface area contributed by atoms with Crippen molar-refractivity contribution in [3.05, 3.63) is 48.7 Å². The summed E-state index contributed by atoms with van der Waals surface area (Å²) in [6, 6.07) is 5.18. The molecule has 80 valence electrons. The lowest BCUT2D eigenvalue weighted by molar-refractivity contribution is -0.111. The fourth-order valence-electron chi connectivity index (χ4n) is 1.06. The Hall–Kier alpha value is -2.43. The molecule has 0 aromatic carbocycles. The zero-order valence-electron chi connectivity index (χ0n) is 8.33. The number of furan rings is 1. The van der Waals surface area contributed by atoms with Crippen LogP contribution in [0, 0.1) is 0 Å². The molecule has 0 aliphatic rings. The Balaban J connectivity index is 1.95. The molecule has 0 radical (unpaired) electrons. The van der Waals surface area contributed by atoms with E-state index >= 15 is 0 Å². The van der Waals surface area contributed by atoms with Crippen LogP contribution in [-0.2, 0) is 4.79 Å². The maximum absolute atomic E-state index is 11.4. The first-order valence-corrected chi connectivity index (χ1v) is 4.64. The molecule has 16 heavy (non-hydrogen) atoms. The van der Waals surface area contributed by atoms with Gasteiger partial charge in [0.15, 0.2) is 0 Å². The molecule has 2 aromatic heterocycles. The lowest BCUT2D eigenvalue weighted by Crippen LogP contribution is -2.10. The molecule has 2 heterocycles. The summed E-state index contributed by atoms with van der Waals surface area (Å²) in [5, 5.41) is 2.51. The third kappa shape index (κ3) is 2.78. The van der Waals surface area contributed by atoms with Crippen LogP contribution >= 0.6 is 0 Å². The van der Waals surface area contributed by atoms with Crippen LogP contribution < -0.4 is 5.32 Å². The standard InChI is InChI=1S/C11H9N3O2/c15-10(5-4-9-3-1-8-16-9)14-11-12-6-2-7-13-11/h1-8H,(H,12,13,14,15)/b5-4+. The van der Waals surface area contributed by atoms with Crippen molar-refractivity contribution in [2.24, 2.45) is 0 Å². The lowest BCUT2D eigenvalue weighted by atomic mass is 10.4. The van der Waals surface area contributed by atoms with Crippen molar-refractivity contribution in [2.45, 2.75) is 0 Å². The van der Waals surface area contributed by atoms with Crippen molar-refractivity contribution in [1.29, 1.82) is 0 Å². The van der Waals surface area contributed by atoms with Crippen LogP contribution in [0.1, 0.15) is 5.76 Å². The van der Waals surface area contributed by atoms with Crippen LogP contribution in [0.5, 0.6) is 0 Å². The number of nitrogens with one attached hydrogen (secondary N) is 1. The van der Waals surface area contributed by atoms with Gasteiger partial charge in [-0.15, -0.1) is 0 Å². The number of hydrogen-bond acceptors (Lipinski definition) is 4. The molecule has 0 fully saturated rings. The van der Waals surface area contributed by atoms with Gasteiger partial charge in [0.2, 0.25) is 5.95 Å². The van der Waals surface area contributed by atoms with E-state index < -0.39 is 0 Å². The van der Waals surface area contributed by atoms with Gasteiger partial charge in [-0.1, -0.05) is 0 Å². The predicted molar refractivity (Wildman–Crippen MR) is 58.4 cm³/mol. The van der Waals surface area contributed by atoms with E-state index in [1.165, 1.54) is 12.3 Å². The first-order chi connectivity index (χ1) is 7.84. The normalized spacial score (nSPS) is 10.5. The molecule has 1 amide bonds. The van der Waals surface area contributed by atoms with E-state index in [-0.39, 0.29) is 11.9 Å². The third-order valence-electron chi connectivity index (χ3n) is 1.74. The molecule has 1 N–H and O–H groups in total. The number of hydrogen-bond donors (Lipinski definition) is 1. The van der Waals surface area contributed by atoms with E-state index in [0.717, 1.165) is 0 Å². The van der Waals surface area contributed by atoms with E-state index in [1.807, 2.05) is 0 Å². The Morgan fingerprint density at radius 2 is 2.12 bits per heavy atom. The molecule has 0 saturated heterocycles. The van der Waals surface area contributed by atoms with Gasteiger partial charge in [0.1, 0.15) is 5.76 Å². The Morgan fingerprint density at radius 3 is 2.81 bits per heavy atom. The van der Waals surface area contributed by atoms with Gasteiger partial charge >= 0.3 is 0 Å². The molecule has 5 heteroatoms. The SMILES string of the molecule is O=C(/C=C/c1ccco1)Nc1ncccn1. The molecule has 5 nitrogen and oxygen atoms in total. The van der Waals surface area contributed by atoms with E-state index in [0.29, 0.717) is 5.76 Å². The highest BCUT2D eigenvalue weighted by molar-refractivity contribution is 6.00. The number of aromatic nitrogens is 2. The number of nitrogens with zero attached hydrogens (tertiary/aromatic N) is 2. The largest absolute Gasteiger partial charge is 0.465 e. The molecule has 2 aromatic rings. The molecular weight excluding hydrogens is 206 g/mol. The van der Waals surface area contributed by atoms with Gasteiger partial charge in [-0.2, -0.15) is 0 Å². The van der Waals surface area contributed by atoms with Gasteiger partial charge in [0.05, 0.1) is 6.26 Å². The zero-order valence-corrected chi connectivity index (χ0v) is 8.33. The highest BCUT2D eigenvalue weighted by Crippen LogP contribution is 2.02.